The summed E-state index contributed by atoms with van der Waals surface area (Å²) in [4.78, 5) is 0. The highest BCUT2D eigenvalue weighted by Crippen LogP contribution is 2.47. The number of aryl methyl sites for hydroxylation is 1. The molecule has 0 aromatic heterocycles. The van der Waals surface area contributed by atoms with E-state index in [-0.39, 0.29) is 5.92 Å². The maximum atomic E-state index is 11.3. The van der Waals surface area contributed by atoms with Gasteiger partial charge >= 0.3 is 0 Å². The second-order valence-corrected chi connectivity index (χ2v) is 8.62. The molecule has 0 saturated heterocycles. The van der Waals surface area contributed by atoms with Crippen molar-refractivity contribution in [2.45, 2.75) is 47.0 Å². The van der Waals surface area contributed by atoms with Crippen LogP contribution in [0.1, 0.15) is 55.9 Å². The summed E-state index contributed by atoms with van der Waals surface area (Å²) in [6, 6.07) is 23.1. The quantitative estimate of drug-likeness (QED) is 0.480. The molecule has 0 atom stereocenters. The van der Waals surface area contributed by atoms with Gasteiger partial charge in [0.1, 0.15) is 5.75 Å². The molecule has 0 aliphatic heterocycles. The number of allylic oxidation sites excluding steroid dienone is 4. The van der Waals surface area contributed by atoms with E-state index < -0.39 is 0 Å². The molecule has 0 fully saturated rings. The van der Waals surface area contributed by atoms with Gasteiger partial charge in [0, 0.05) is 17.9 Å². The molecule has 4 rings (SSSR count). The maximum absolute atomic E-state index is 11.3. The fraction of sp³-hybridized carbons (Fsp3) is 0.241. The van der Waals surface area contributed by atoms with Gasteiger partial charge in [-0.05, 0) is 79.6 Å². The van der Waals surface area contributed by atoms with Crippen LogP contribution < -0.4 is 0 Å². The summed E-state index contributed by atoms with van der Waals surface area (Å²) in [5, 5.41) is 11.3. The lowest BCUT2D eigenvalue weighted by molar-refractivity contribution is 0.471. The van der Waals surface area contributed by atoms with E-state index >= 15 is 0 Å². The molecule has 3 aromatic carbocycles. The van der Waals surface area contributed by atoms with Crippen molar-refractivity contribution in [3.05, 3.63) is 111 Å². The third-order valence-corrected chi connectivity index (χ3v) is 6.74. The summed E-state index contributed by atoms with van der Waals surface area (Å²) >= 11 is 0. The van der Waals surface area contributed by atoms with Crippen molar-refractivity contribution < 1.29 is 5.11 Å². The van der Waals surface area contributed by atoms with E-state index in [2.05, 4.69) is 83.1 Å². The van der Waals surface area contributed by atoms with E-state index in [9.17, 15) is 5.11 Å². The topological polar surface area (TPSA) is 20.2 Å². The molecule has 1 N–H and O–H groups in total. The third-order valence-electron chi connectivity index (χ3n) is 6.74. The van der Waals surface area contributed by atoms with Crippen LogP contribution in [0.3, 0.4) is 0 Å². The molecular formula is C29H30O. The Balaban J connectivity index is 1.85. The predicted octanol–water partition coefficient (Wildman–Crippen LogP) is 7.73. The monoisotopic (exact) mass is 394 g/mol. The van der Waals surface area contributed by atoms with Gasteiger partial charge in [0.05, 0.1) is 0 Å². The molecular weight excluding hydrogens is 364 g/mol. The van der Waals surface area contributed by atoms with Gasteiger partial charge in [0.2, 0.25) is 0 Å². The van der Waals surface area contributed by atoms with E-state index in [0.29, 0.717) is 5.75 Å². The van der Waals surface area contributed by atoms with Crippen molar-refractivity contribution in [3.63, 3.8) is 0 Å². The number of hydrogen-bond acceptors (Lipinski definition) is 1. The Bertz CT molecular complexity index is 1140. The molecule has 0 heterocycles. The summed E-state index contributed by atoms with van der Waals surface area (Å²) in [7, 11) is 0. The van der Waals surface area contributed by atoms with Crippen molar-refractivity contribution in [2.75, 3.05) is 0 Å². The number of aromatic hydroxyl groups is 1. The molecule has 0 radical (unpaired) electrons. The van der Waals surface area contributed by atoms with E-state index in [1.54, 1.807) is 0 Å². The van der Waals surface area contributed by atoms with E-state index in [1.165, 1.54) is 39.0 Å². The first-order valence-electron chi connectivity index (χ1n) is 10.7. The van der Waals surface area contributed by atoms with Crippen LogP contribution in [0.2, 0.25) is 0 Å². The minimum Gasteiger partial charge on any atom is -0.507 e. The molecule has 0 unspecified atom stereocenters. The van der Waals surface area contributed by atoms with Crippen LogP contribution in [0.5, 0.6) is 5.75 Å². The van der Waals surface area contributed by atoms with Crippen LogP contribution in [0.4, 0.5) is 0 Å². The summed E-state index contributed by atoms with van der Waals surface area (Å²) in [5.41, 5.74) is 12.3. The molecule has 0 saturated carbocycles. The Morgan fingerprint density at radius 1 is 0.700 bits per heavy atom. The largest absolute Gasteiger partial charge is 0.507 e. The van der Waals surface area contributed by atoms with E-state index in [4.69, 9.17) is 0 Å². The van der Waals surface area contributed by atoms with Gasteiger partial charge in [0.15, 0.2) is 0 Å². The summed E-state index contributed by atoms with van der Waals surface area (Å²) in [5.74, 6) is 0.672. The van der Waals surface area contributed by atoms with Crippen LogP contribution in [0, 0.1) is 6.92 Å². The smallest absolute Gasteiger partial charge is 0.126 e. The zero-order valence-electron chi connectivity index (χ0n) is 18.6. The van der Waals surface area contributed by atoms with Crippen molar-refractivity contribution in [1.29, 1.82) is 0 Å². The van der Waals surface area contributed by atoms with Crippen LogP contribution in [0.25, 0.3) is 11.1 Å². The average Bonchev–Trinajstić information content (AvgIpc) is 2.94. The fourth-order valence-corrected chi connectivity index (χ4v) is 4.82. The molecule has 1 nitrogen and oxygen atoms in total. The summed E-state index contributed by atoms with van der Waals surface area (Å²) in [6.45, 7) is 11.0. The third kappa shape index (κ3) is 3.50. The average molecular weight is 395 g/mol. The predicted molar refractivity (Wildman–Crippen MR) is 127 cm³/mol. The summed E-state index contributed by atoms with van der Waals surface area (Å²) < 4.78 is 0. The lowest BCUT2D eigenvalue weighted by atomic mass is 9.83. The Labute approximate surface area is 180 Å². The molecule has 0 spiro atoms. The van der Waals surface area contributed by atoms with Crippen LogP contribution >= 0.6 is 0 Å². The maximum Gasteiger partial charge on any atom is 0.126 e. The Morgan fingerprint density at radius 3 is 1.97 bits per heavy atom. The Kier molecular flexibility index (Phi) is 5.39. The second kappa shape index (κ2) is 7.99. The molecule has 1 aliphatic rings. The number of rotatable bonds is 4. The molecule has 0 amide bonds. The SMILES string of the molecule is CC1=C(C)C(c2ccccc2-c2cc(C)cc(Cc3ccccc3)c2O)C(C)=C1C. The van der Waals surface area contributed by atoms with Crippen LogP contribution in [-0.2, 0) is 6.42 Å². The number of phenols is 1. The first-order valence-corrected chi connectivity index (χ1v) is 10.7. The van der Waals surface area contributed by atoms with E-state index in [1.807, 2.05) is 18.2 Å². The standard InChI is InChI=1S/C29H30O/c1-18-15-24(17-23-11-7-6-8-12-23)29(30)27(16-18)25-13-9-10-14-26(25)28-21(4)19(2)20(3)22(28)5/h6-16,28,30H,17H2,1-5H3. The van der Waals surface area contributed by atoms with Gasteiger partial charge in [0.25, 0.3) is 0 Å². The van der Waals surface area contributed by atoms with Gasteiger partial charge in [-0.15, -0.1) is 0 Å². The lowest BCUT2D eigenvalue weighted by Crippen LogP contribution is -2.03. The number of benzene rings is 3. The van der Waals surface area contributed by atoms with Crippen molar-refractivity contribution >= 4 is 0 Å². The van der Waals surface area contributed by atoms with Gasteiger partial charge in [-0.25, -0.2) is 0 Å². The Hall–Kier alpha value is -3.06. The van der Waals surface area contributed by atoms with Crippen molar-refractivity contribution in [3.8, 4) is 16.9 Å². The zero-order valence-corrected chi connectivity index (χ0v) is 18.6. The number of phenolic OH excluding ortho intramolecular Hbond substituents is 1. The lowest BCUT2D eigenvalue weighted by Gasteiger charge is -2.21. The van der Waals surface area contributed by atoms with E-state index in [0.717, 1.165) is 23.1 Å². The normalized spacial score (nSPS) is 14.7. The summed E-state index contributed by atoms with van der Waals surface area (Å²) in [6.07, 6.45) is 0.725. The minimum absolute atomic E-state index is 0.277. The zero-order chi connectivity index (χ0) is 21.4. The number of hydrogen-bond donors (Lipinski definition) is 1. The molecule has 152 valence electrons. The molecule has 0 bridgehead atoms. The van der Waals surface area contributed by atoms with Crippen LogP contribution in [0.15, 0.2) is 89.0 Å². The van der Waals surface area contributed by atoms with Crippen molar-refractivity contribution in [2.24, 2.45) is 0 Å². The molecule has 30 heavy (non-hydrogen) atoms. The minimum atomic E-state index is 0.277. The first-order chi connectivity index (χ1) is 14.4. The van der Waals surface area contributed by atoms with Gasteiger partial charge < -0.3 is 5.11 Å². The highest BCUT2D eigenvalue weighted by Gasteiger charge is 2.28. The van der Waals surface area contributed by atoms with Crippen molar-refractivity contribution in [1.82, 2.24) is 0 Å². The fourth-order valence-electron chi connectivity index (χ4n) is 4.82. The second-order valence-electron chi connectivity index (χ2n) is 8.62. The molecule has 1 aliphatic carbocycles. The van der Waals surface area contributed by atoms with Crippen LogP contribution in [-0.4, -0.2) is 5.11 Å². The first kappa shape index (κ1) is 20.2. The van der Waals surface area contributed by atoms with Gasteiger partial charge in [-0.1, -0.05) is 71.8 Å². The highest BCUT2D eigenvalue weighted by atomic mass is 16.3. The molecule has 3 aromatic rings. The van der Waals surface area contributed by atoms with Gasteiger partial charge in [-0.2, -0.15) is 0 Å². The Morgan fingerprint density at radius 2 is 1.30 bits per heavy atom. The molecule has 1 heteroatoms. The highest BCUT2D eigenvalue weighted by molar-refractivity contribution is 5.77. The van der Waals surface area contributed by atoms with Gasteiger partial charge in [-0.3, -0.25) is 0 Å².